The molecule has 6 heteroatoms. The van der Waals surface area contributed by atoms with Crippen LogP contribution in [0.2, 0.25) is 0 Å². The monoisotopic (exact) mass is 290 g/mol. The van der Waals surface area contributed by atoms with Gasteiger partial charge in [0.1, 0.15) is 5.01 Å². The zero-order valence-electron chi connectivity index (χ0n) is 11.5. The number of nitrogens with two attached hydrogens (primary N) is 1. The van der Waals surface area contributed by atoms with Crippen LogP contribution in [0.1, 0.15) is 29.2 Å². The van der Waals surface area contributed by atoms with Crippen molar-refractivity contribution in [3.8, 4) is 0 Å². The third-order valence-corrected chi connectivity index (χ3v) is 3.73. The van der Waals surface area contributed by atoms with E-state index in [1.807, 2.05) is 43.5 Å². The predicted octanol–water partition coefficient (Wildman–Crippen LogP) is 2.79. The molecule has 0 fully saturated rings. The molecule has 2 rings (SSSR count). The van der Waals surface area contributed by atoms with Gasteiger partial charge < -0.3 is 16.4 Å². The van der Waals surface area contributed by atoms with E-state index in [4.69, 9.17) is 5.73 Å². The molecule has 1 heterocycles. The van der Waals surface area contributed by atoms with Crippen molar-refractivity contribution in [1.82, 2.24) is 10.3 Å². The van der Waals surface area contributed by atoms with Gasteiger partial charge in [0.05, 0.1) is 6.54 Å². The third-order valence-electron chi connectivity index (χ3n) is 2.76. The van der Waals surface area contributed by atoms with Gasteiger partial charge in [-0.2, -0.15) is 0 Å². The van der Waals surface area contributed by atoms with E-state index in [9.17, 15) is 4.79 Å². The summed E-state index contributed by atoms with van der Waals surface area (Å²) in [4.78, 5) is 16.0. The Labute approximate surface area is 122 Å². The average molecular weight is 290 g/mol. The maximum absolute atomic E-state index is 11.7. The number of rotatable bonds is 4. The minimum Gasteiger partial charge on any atom is -0.331 e. The molecule has 0 aliphatic carbocycles. The van der Waals surface area contributed by atoms with Crippen LogP contribution >= 0.6 is 11.3 Å². The molecule has 106 valence electrons. The molecular weight excluding hydrogens is 272 g/mol. The van der Waals surface area contributed by atoms with Gasteiger partial charge >= 0.3 is 6.03 Å². The number of amides is 2. The molecule has 0 radical (unpaired) electrons. The van der Waals surface area contributed by atoms with Gasteiger partial charge in [0.2, 0.25) is 0 Å². The number of anilines is 1. The SMILES string of the molecule is Cc1csc(CNC(=O)Nc2ccc(C(C)N)cc2)n1. The summed E-state index contributed by atoms with van der Waals surface area (Å²) in [6.45, 7) is 4.29. The molecule has 5 nitrogen and oxygen atoms in total. The molecule has 2 amide bonds. The first-order valence-electron chi connectivity index (χ1n) is 6.36. The minimum absolute atomic E-state index is 0.00832. The van der Waals surface area contributed by atoms with Gasteiger partial charge in [0.15, 0.2) is 0 Å². The smallest absolute Gasteiger partial charge is 0.319 e. The fourth-order valence-corrected chi connectivity index (χ4v) is 2.40. The highest BCUT2D eigenvalue weighted by atomic mass is 32.1. The molecule has 1 atom stereocenters. The van der Waals surface area contributed by atoms with E-state index in [1.165, 1.54) is 11.3 Å². The molecular formula is C14H18N4OS. The second-order valence-corrected chi connectivity index (χ2v) is 5.54. The lowest BCUT2D eigenvalue weighted by molar-refractivity contribution is 0.251. The number of aromatic nitrogens is 1. The number of hydrogen-bond donors (Lipinski definition) is 3. The first-order chi connectivity index (χ1) is 9.54. The number of carbonyl (C=O) groups is 1. The Balaban J connectivity index is 1.84. The van der Waals surface area contributed by atoms with Crippen LogP contribution in [0.5, 0.6) is 0 Å². The van der Waals surface area contributed by atoms with Crippen LogP contribution in [0.4, 0.5) is 10.5 Å². The Morgan fingerprint density at radius 3 is 2.65 bits per heavy atom. The molecule has 0 saturated carbocycles. The van der Waals surface area contributed by atoms with Crippen molar-refractivity contribution in [3.63, 3.8) is 0 Å². The minimum atomic E-state index is -0.244. The van der Waals surface area contributed by atoms with Crippen LogP contribution in [-0.4, -0.2) is 11.0 Å². The van der Waals surface area contributed by atoms with Crippen LogP contribution < -0.4 is 16.4 Å². The molecule has 0 saturated heterocycles. The van der Waals surface area contributed by atoms with E-state index < -0.39 is 0 Å². The summed E-state index contributed by atoms with van der Waals surface area (Å²) < 4.78 is 0. The highest BCUT2D eigenvalue weighted by Crippen LogP contribution is 2.14. The summed E-state index contributed by atoms with van der Waals surface area (Å²) in [7, 11) is 0. The summed E-state index contributed by atoms with van der Waals surface area (Å²) in [6, 6.07) is 7.24. The molecule has 0 aliphatic rings. The molecule has 2 aromatic rings. The van der Waals surface area contributed by atoms with Gasteiger partial charge in [-0.1, -0.05) is 12.1 Å². The van der Waals surface area contributed by atoms with Crippen LogP contribution in [0.15, 0.2) is 29.6 Å². The van der Waals surface area contributed by atoms with E-state index >= 15 is 0 Å². The number of aryl methyl sites for hydroxylation is 1. The number of benzene rings is 1. The van der Waals surface area contributed by atoms with Crippen molar-refractivity contribution in [1.29, 1.82) is 0 Å². The number of nitrogens with one attached hydrogen (secondary N) is 2. The summed E-state index contributed by atoms with van der Waals surface area (Å²) in [5.74, 6) is 0. The van der Waals surface area contributed by atoms with Crippen LogP contribution in [-0.2, 0) is 6.54 Å². The highest BCUT2D eigenvalue weighted by Gasteiger charge is 2.04. The summed E-state index contributed by atoms with van der Waals surface area (Å²) >= 11 is 1.54. The number of hydrogen-bond acceptors (Lipinski definition) is 4. The largest absolute Gasteiger partial charge is 0.331 e. The molecule has 1 aromatic carbocycles. The van der Waals surface area contributed by atoms with Crippen molar-refractivity contribution in [2.75, 3.05) is 5.32 Å². The summed E-state index contributed by atoms with van der Waals surface area (Å²) in [5, 5.41) is 8.40. The average Bonchev–Trinajstić information content (AvgIpc) is 2.83. The Bertz CT molecular complexity index is 577. The normalized spacial score (nSPS) is 11.9. The fourth-order valence-electron chi connectivity index (χ4n) is 1.69. The van der Waals surface area contributed by atoms with E-state index in [0.717, 1.165) is 22.0 Å². The molecule has 1 aromatic heterocycles. The number of thiazole rings is 1. The third kappa shape index (κ3) is 4.04. The molecule has 0 aliphatic heterocycles. The first kappa shape index (κ1) is 14.5. The standard InChI is InChI=1S/C14H18N4OS/c1-9-8-20-13(17-9)7-16-14(19)18-12-5-3-11(4-6-12)10(2)15/h3-6,8,10H,7,15H2,1-2H3,(H2,16,18,19). The van der Waals surface area contributed by atoms with Crippen molar-refractivity contribution in [2.24, 2.45) is 5.73 Å². The zero-order chi connectivity index (χ0) is 14.5. The quantitative estimate of drug-likeness (QED) is 0.810. The predicted molar refractivity (Wildman–Crippen MR) is 81.8 cm³/mol. The maximum Gasteiger partial charge on any atom is 0.319 e. The van der Waals surface area contributed by atoms with Gasteiger partial charge in [-0.15, -0.1) is 11.3 Å². The number of carbonyl (C=O) groups excluding carboxylic acids is 1. The Morgan fingerprint density at radius 2 is 2.10 bits per heavy atom. The molecule has 0 spiro atoms. The zero-order valence-corrected chi connectivity index (χ0v) is 12.3. The first-order valence-corrected chi connectivity index (χ1v) is 7.24. The van der Waals surface area contributed by atoms with Crippen molar-refractivity contribution >= 4 is 23.1 Å². The molecule has 1 unspecified atom stereocenters. The van der Waals surface area contributed by atoms with Gasteiger partial charge in [-0.05, 0) is 31.5 Å². The summed E-state index contributed by atoms with van der Waals surface area (Å²) in [5.41, 5.74) is 8.52. The lowest BCUT2D eigenvalue weighted by Gasteiger charge is -2.09. The topological polar surface area (TPSA) is 80.0 Å². The fraction of sp³-hybridized carbons (Fsp3) is 0.286. The number of urea groups is 1. The van der Waals surface area contributed by atoms with Crippen LogP contribution in [0.25, 0.3) is 0 Å². The van der Waals surface area contributed by atoms with Crippen LogP contribution in [0.3, 0.4) is 0 Å². The second-order valence-electron chi connectivity index (χ2n) is 4.60. The maximum atomic E-state index is 11.7. The van der Waals surface area contributed by atoms with E-state index in [2.05, 4.69) is 15.6 Å². The van der Waals surface area contributed by atoms with E-state index in [-0.39, 0.29) is 12.1 Å². The van der Waals surface area contributed by atoms with E-state index in [0.29, 0.717) is 6.54 Å². The molecule has 4 N–H and O–H groups in total. The lowest BCUT2D eigenvalue weighted by Crippen LogP contribution is -2.28. The Kier molecular flexibility index (Phi) is 4.70. The van der Waals surface area contributed by atoms with Crippen LogP contribution in [0, 0.1) is 6.92 Å². The van der Waals surface area contributed by atoms with Crippen molar-refractivity contribution in [2.45, 2.75) is 26.4 Å². The van der Waals surface area contributed by atoms with Crippen molar-refractivity contribution in [3.05, 3.63) is 45.9 Å². The Morgan fingerprint density at radius 1 is 1.40 bits per heavy atom. The van der Waals surface area contributed by atoms with Gasteiger partial charge in [0.25, 0.3) is 0 Å². The van der Waals surface area contributed by atoms with Crippen molar-refractivity contribution < 1.29 is 4.79 Å². The summed E-state index contributed by atoms with van der Waals surface area (Å²) in [6.07, 6.45) is 0. The number of nitrogens with zero attached hydrogens (tertiary/aromatic N) is 1. The molecule has 0 bridgehead atoms. The molecule has 20 heavy (non-hydrogen) atoms. The van der Waals surface area contributed by atoms with Gasteiger partial charge in [-0.3, -0.25) is 0 Å². The van der Waals surface area contributed by atoms with E-state index in [1.54, 1.807) is 0 Å². The second kappa shape index (κ2) is 6.49. The highest BCUT2D eigenvalue weighted by molar-refractivity contribution is 7.09. The Hall–Kier alpha value is -1.92. The van der Waals surface area contributed by atoms with Gasteiger partial charge in [-0.25, -0.2) is 9.78 Å². The lowest BCUT2D eigenvalue weighted by atomic mass is 10.1. The van der Waals surface area contributed by atoms with Gasteiger partial charge in [0, 0.05) is 22.8 Å².